The molecule has 0 saturated heterocycles. The summed E-state index contributed by atoms with van der Waals surface area (Å²) in [6, 6.07) is 71.5. The molecule has 0 bridgehead atoms. The number of thiophene rings is 1. The maximum absolute atomic E-state index is 2.48. The summed E-state index contributed by atoms with van der Waals surface area (Å²) < 4.78 is 7.52. The Hall–Kier alpha value is -6.94. The van der Waals surface area contributed by atoms with Crippen LogP contribution < -0.4 is 0 Å². The quantitative estimate of drug-likeness (QED) is 0.172. The van der Waals surface area contributed by atoms with E-state index in [2.05, 4.69) is 203 Å². The van der Waals surface area contributed by atoms with Crippen molar-refractivity contribution in [2.45, 2.75) is 0 Å². The van der Waals surface area contributed by atoms with Crippen LogP contribution in [-0.2, 0) is 0 Å². The fourth-order valence-corrected chi connectivity index (χ4v) is 10.1. The Morgan fingerprint density at radius 1 is 0.291 bits per heavy atom. The van der Waals surface area contributed by atoms with Gasteiger partial charge in [0.2, 0.25) is 0 Å². The van der Waals surface area contributed by atoms with Crippen LogP contribution >= 0.6 is 11.3 Å². The second-order valence-electron chi connectivity index (χ2n) is 14.5. The van der Waals surface area contributed by atoms with Gasteiger partial charge in [0.25, 0.3) is 0 Å². The molecule has 0 unspecified atom stereocenters. The molecule has 0 saturated carbocycles. The van der Waals surface area contributed by atoms with Crippen molar-refractivity contribution >= 4 is 85.9 Å². The van der Waals surface area contributed by atoms with E-state index in [1.165, 1.54) is 108 Å². The van der Waals surface area contributed by atoms with Crippen molar-refractivity contribution in [3.8, 4) is 33.6 Å². The van der Waals surface area contributed by atoms with Crippen LogP contribution in [0.1, 0.15) is 0 Å². The largest absolute Gasteiger partial charge is 0.309 e. The Balaban J connectivity index is 1.06. The van der Waals surface area contributed by atoms with Crippen LogP contribution in [0.4, 0.5) is 0 Å². The molecule has 55 heavy (non-hydrogen) atoms. The monoisotopic (exact) mass is 716 g/mol. The van der Waals surface area contributed by atoms with Gasteiger partial charge in [-0.1, -0.05) is 127 Å². The van der Waals surface area contributed by atoms with Gasteiger partial charge >= 0.3 is 0 Å². The Bertz CT molecular complexity index is 3490. The number of hydrogen-bond donors (Lipinski definition) is 0. The van der Waals surface area contributed by atoms with Gasteiger partial charge in [-0.3, -0.25) is 0 Å². The van der Waals surface area contributed by atoms with Crippen LogP contribution in [0.3, 0.4) is 0 Å². The second-order valence-corrected chi connectivity index (χ2v) is 15.6. The molecule has 0 fully saturated rings. The van der Waals surface area contributed by atoms with E-state index in [1.807, 2.05) is 11.3 Å². The summed E-state index contributed by atoms with van der Waals surface area (Å²) in [7, 11) is 0. The number of benzene rings is 9. The lowest BCUT2D eigenvalue weighted by atomic mass is 9.96. The lowest BCUT2D eigenvalue weighted by Crippen LogP contribution is -1.96. The molecule has 0 aliphatic heterocycles. The normalized spacial score (nSPS) is 12.0. The van der Waals surface area contributed by atoms with E-state index in [0.29, 0.717) is 0 Å². The first-order valence-corrected chi connectivity index (χ1v) is 19.7. The zero-order valence-corrected chi connectivity index (χ0v) is 30.6. The van der Waals surface area contributed by atoms with Crippen LogP contribution in [0, 0.1) is 0 Å². The molecular weight excluding hydrogens is 685 g/mol. The number of nitrogens with zero attached hydrogens (tertiary/aromatic N) is 2. The minimum Gasteiger partial charge on any atom is -0.309 e. The van der Waals surface area contributed by atoms with Gasteiger partial charge in [-0.05, 0) is 94.4 Å². The highest BCUT2D eigenvalue weighted by molar-refractivity contribution is 7.25. The third-order valence-electron chi connectivity index (χ3n) is 11.5. The summed E-state index contributed by atoms with van der Waals surface area (Å²) in [4.78, 5) is 0. The van der Waals surface area contributed by atoms with Crippen molar-refractivity contribution < 1.29 is 0 Å². The summed E-state index contributed by atoms with van der Waals surface area (Å²) in [6.07, 6.45) is 0. The SMILES string of the molecule is c1ccc(-n2c3ccccc3c3cc(-c4ccc5c6ccccc6n(-c6ccc(-c7ccc8sc9ccccc9c8c7)c7ccccc67)c5c4)ccc32)cc1. The van der Waals surface area contributed by atoms with E-state index in [-0.39, 0.29) is 0 Å². The molecule has 0 N–H and O–H groups in total. The van der Waals surface area contributed by atoms with Crippen molar-refractivity contribution in [3.63, 3.8) is 0 Å². The van der Waals surface area contributed by atoms with Gasteiger partial charge in [-0.25, -0.2) is 0 Å². The van der Waals surface area contributed by atoms with E-state index >= 15 is 0 Å². The molecule has 0 radical (unpaired) electrons. The fraction of sp³-hybridized carbons (Fsp3) is 0. The summed E-state index contributed by atoms with van der Waals surface area (Å²) >= 11 is 1.87. The van der Waals surface area contributed by atoms with Crippen molar-refractivity contribution in [1.29, 1.82) is 0 Å². The molecule has 0 atom stereocenters. The molecule has 9 aromatic carbocycles. The van der Waals surface area contributed by atoms with Gasteiger partial charge in [0, 0.05) is 52.8 Å². The Morgan fingerprint density at radius 3 is 1.69 bits per heavy atom. The molecule has 2 nitrogen and oxygen atoms in total. The maximum atomic E-state index is 2.48. The minimum absolute atomic E-state index is 1.17. The molecule has 256 valence electrons. The molecule has 3 heterocycles. The topological polar surface area (TPSA) is 9.86 Å². The average Bonchev–Trinajstić information content (AvgIpc) is 3.90. The average molecular weight is 717 g/mol. The van der Waals surface area contributed by atoms with Gasteiger partial charge < -0.3 is 9.13 Å². The van der Waals surface area contributed by atoms with E-state index in [4.69, 9.17) is 0 Å². The smallest absolute Gasteiger partial charge is 0.0547 e. The molecule has 0 spiro atoms. The van der Waals surface area contributed by atoms with E-state index < -0.39 is 0 Å². The Morgan fingerprint density at radius 2 is 0.855 bits per heavy atom. The predicted octanol–water partition coefficient (Wildman–Crippen LogP) is 14.7. The molecule has 0 aliphatic rings. The first-order valence-electron chi connectivity index (χ1n) is 18.8. The van der Waals surface area contributed by atoms with Gasteiger partial charge in [0.05, 0.1) is 27.8 Å². The summed E-state index contributed by atoms with van der Waals surface area (Å²) in [5.74, 6) is 0. The molecule has 3 aromatic heterocycles. The van der Waals surface area contributed by atoms with Gasteiger partial charge in [-0.2, -0.15) is 0 Å². The lowest BCUT2D eigenvalue weighted by molar-refractivity contribution is 1.18. The van der Waals surface area contributed by atoms with Crippen LogP contribution in [0.15, 0.2) is 194 Å². The lowest BCUT2D eigenvalue weighted by Gasteiger charge is -2.15. The van der Waals surface area contributed by atoms with Crippen LogP contribution in [0.5, 0.6) is 0 Å². The molecular formula is C52H32N2S. The summed E-state index contributed by atoms with van der Waals surface area (Å²) in [5.41, 5.74) is 12.1. The van der Waals surface area contributed by atoms with Gasteiger partial charge in [0.1, 0.15) is 0 Å². The van der Waals surface area contributed by atoms with E-state index in [9.17, 15) is 0 Å². The zero-order chi connectivity index (χ0) is 36.0. The molecule has 0 amide bonds. The van der Waals surface area contributed by atoms with Crippen LogP contribution in [0.25, 0.3) is 108 Å². The highest BCUT2D eigenvalue weighted by Gasteiger charge is 2.18. The number of hydrogen-bond acceptors (Lipinski definition) is 1. The maximum Gasteiger partial charge on any atom is 0.0547 e. The molecule has 0 aliphatic carbocycles. The molecule has 12 rings (SSSR count). The first-order chi connectivity index (χ1) is 27.3. The predicted molar refractivity (Wildman–Crippen MR) is 236 cm³/mol. The number of para-hydroxylation sites is 3. The van der Waals surface area contributed by atoms with Gasteiger partial charge in [0.15, 0.2) is 0 Å². The van der Waals surface area contributed by atoms with E-state index in [0.717, 1.165) is 0 Å². The third-order valence-corrected chi connectivity index (χ3v) is 12.7. The Kier molecular flexibility index (Phi) is 6.54. The fourth-order valence-electron chi connectivity index (χ4n) is 9.04. The van der Waals surface area contributed by atoms with Gasteiger partial charge in [-0.15, -0.1) is 11.3 Å². The van der Waals surface area contributed by atoms with Crippen molar-refractivity contribution in [2.75, 3.05) is 0 Å². The minimum atomic E-state index is 1.17. The van der Waals surface area contributed by atoms with Crippen molar-refractivity contribution in [1.82, 2.24) is 9.13 Å². The summed E-state index contributed by atoms with van der Waals surface area (Å²) in [6.45, 7) is 0. The first kappa shape index (κ1) is 30.5. The second kappa shape index (κ2) is 11.8. The Labute approximate surface area is 321 Å². The van der Waals surface area contributed by atoms with Crippen LogP contribution in [-0.4, -0.2) is 9.13 Å². The highest BCUT2D eigenvalue weighted by Crippen LogP contribution is 2.42. The summed E-state index contributed by atoms with van der Waals surface area (Å²) in [5, 5.41) is 10.2. The van der Waals surface area contributed by atoms with Crippen molar-refractivity contribution in [3.05, 3.63) is 194 Å². The highest BCUT2D eigenvalue weighted by atomic mass is 32.1. The van der Waals surface area contributed by atoms with Crippen molar-refractivity contribution in [2.24, 2.45) is 0 Å². The van der Waals surface area contributed by atoms with E-state index in [1.54, 1.807) is 0 Å². The van der Waals surface area contributed by atoms with Crippen LogP contribution in [0.2, 0.25) is 0 Å². The molecule has 12 aromatic rings. The third kappa shape index (κ3) is 4.54. The number of rotatable bonds is 4. The number of aromatic nitrogens is 2. The molecule has 3 heteroatoms. The zero-order valence-electron chi connectivity index (χ0n) is 29.8. The standard InChI is InChI=1S/C52H32N2S/c1-2-12-36(13-3-1)53-46-19-9-7-17-41(46)44-30-33(23-27-49(44)53)34-22-25-42-40-16-6-10-20-47(40)54(50(42)32-34)48-28-26-37(38-14-4-5-15-39(38)48)35-24-29-52-45(31-35)43-18-8-11-21-51(43)55-52/h1-32H. The number of fused-ring (bicyclic) bond motifs is 10.